The van der Waals surface area contributed by atoms with Gasteiger partial charge in [-0.2, -0.15) is 0 Å². The summed E-state index contributed by atoms with van der Waals surface area (Å²) in [5, 5.41) is 14.4. The van der Waals surface area contributed by atoms with Crippen LogP contribution in [0.5, 0.6) is 0 Å². The van der Waals surface area contributed by atoms with Gasteiger partial charge in [0.2, 0.25) is 0 Å². The summed E-state index contributed by atoms with van der Waals surface area (Å²) in [5.41, 5.74) is 0.963. The third-order valence-electron chi connectivity index (χ3n) is 3.87. The number of halogens is 1. The van der Waals surface area contributed by atoms with E-state index in [2.05, 4.69) is 28.2 Å². The van der Waals surface area contributed by atoms with Crippen molar-refractivity contribution in [2.24, 2.45) is 5.92 Å². The Hall–Kier alpha value is -1.10. The first kappa shape index (κ1) is 14.3. The Balaban J connectivity index is 2.06. The van der Waals surface area contributed by atoms with Crippen molar-refractivity contribution in [3.8, 4) is 0 Å². The van der Waals surface area contributed by atoms with Crippen LogP contribution in [-0.2, 0) is 0 Å². The van der Waals surface area contributed by atoms with Crippen LogP contribution in [0.4, 0.5) is 11.4 Å². The Morgan fingerprint density at radius 3 is 2.95 bits per heavy atom. The monoisotopic (exact) mass is 326 g/mol. The lowest BCUT2D eigenvalue weighted by Gasteiger charge is -2.29. The van der Waals surface area contributed by atoms with Crippen LogP contribution in [0.1, 0.15) is 39.0 Å². The van der Waals surface area contributed by atoms with Crippen molar-refractivity contribution in [3.05, 3.63) is 32.8 Å². The van der Waals surface area contributed by atoms with Crippen LogP contribution in [-0.4, -0.2) is 11.0 Å². The van der Waals surface area contributed by atoms with E-state index in [9.17, 15) is 10.1 Å². The number of nitro groups is 1. The van der Waals surface area contributed by atoms with Gasteiger partial charge in [0.1, 0.15) is 0 Å². The van der Waals surface area contributed by atoms with Crippen LogP contribution in [0.2, 0.25) is 0 Å². The summed E-state index contributed by atoms with van der Waals surface area (Å²) >= 11 is 3.21. The quantitative estimate of drug-likeness (QED) is 0.642. The van der Waals surface area contributed by atoms with Crippen LogP contribution >= 0.6 is 15.9 Å². The van der Waals surface area contributed by atoms with E-state index in [0.29, 0.717) is 10.5 Å². The van der Waals surface area contributed by atoms with Gasteiger partial charge in [-0.25, -0.2) is 0 Å². The fraction of sp³-hybridized carbons (Fsp3) is 0.571. The number of benzene rings is 1. The molecule has 1 aliphatic rings. The van der Waals surface area contributed by atoms with E-state index < -0.39 is 0 Å². The number of nitrogens with zero attached hydrogens (tertiary/aromatic N) is 1. The van der Waals surface area contributed by atoms with Gasteiger partial charge < -0.3 is 5.32 Å². The highest BCUT2D eigenvalue weighted by atomic mass is 79.9. The summed E-state index contributed by atoms with van der Waals surface area (Å²) in [6.45, 7) is 2.23. The predicted octanol–water partition coefficient (Wildman–Crippen LogP) is 4.74. The molecule has 0 radical (unpaired) electrons. The van der Waals surface area contributed by atoms with Crippen LogP contribution in [0.15, 0.2) is 22.7 Å². The van der Waals surface area contributed by atoms with Crippen molar-refractivity contribution in [2.75, 3.05) is 5.32 Å². The standard InChI is InChI=1S/C14H19BrN2O2/c1-2-10-4-3-5-11(8-10)16-12-6-7-13(15)14(9-12)17(18)19/h6-7,9-11,16H,2-5,8H2,1H3. The highest BCUT2D eigenvalue weighted by molar-refractivity contribution is 9.10. The maximum Gasteiger partial charge on any atom is 0.285 e. The van der Waals surface area contributed by atoms with Gasteiger partial charge in [0.05, 0.1) is 9.40 Å². The molecular weight excluding hydrogens is 308 g/mol. The van der Waals surface area contributed by atoms with E-state index in [1.54, 1.807) is 12.1 Å². The smallest absolute Gasteiger partial charge is 0.285 e. The predicted molar refractivity (Wildman–Crippen MR) is 80.5 cm³/mol. The number of anilines is 1. The van der Waals surface area contributed by atoms with Crippen LogP contribution in [0.25, 0.3) is 0 Å². The number of hydrogen-bond acceptors (Lipinski definition) is 3. The minimum atomic E-state index is -0.356. The van der Waals surface area contributed by atoms with E-state index in [-0.39, 0.29) is 10.6 Å². The van der Waals surface area contributed by atoms with Crippen molar-refractivity contribution in [2.45, 2.75) is 45.1 Å². The summed E-state index contributed by atoms with van der Waals surface area (Å²) in [6.07, 6.45) is 6.10. The Morgan fingerprint density at radius 2 is 2.26 bits per heavy atom. The molecule has 0 bridgehead atoms. The topological polar surface area (TPSA) is 55.2 Å². The SMILES string of the molecule is CCC1CCCC(Nc2ccc(Br)c([N+](=O)[O-])c2)C1. The molecule has 1 N–H and O–H groups in total. The van der Waals surface area contributed by atoms with E-state index in [1.165, 1.54) is 25.7 Å². The molecule has 1 aromatic carbocycles. The van der Waals surface area contributed by atoms with Crippen molar-refractivity contribution in [1.82, 2.24) is 0 Å². The molecule has 0 amide bonds. The summed E-state index contributed by atoms with van der Waals surface area (Å²) in [6, 6.07) is 5.69. The third kappa shape index (κ3) is 3.69. The molecule has 0 heterocycles. The second kappa shape index (κ2) is 6.37. The van der Waals surface area contributed by atoms with Gasteiger partial charge in [-0.15, -0.1) is 0 Å². The molecule has 4 nitrogen and oxygen atoms in total. The molecule has 2 atom stereocenters. The molecule has 1 aromatic rings. The number of hydrogen-bond donors (Lipinski definition) is 1. The summed E-state index contributed by atoms with van der Waals surface area (Å²) in [4.78, 5) is 10.6. The zero-order valence-corrected chi connectivity index (χ0v) is 12.6. The van der Waals surface area contributed by atoms with Gasteiger partial charge >= 0.3 is 0 Å². The molecular formula is C14H19BrN2O2. The molecule has 2 unspecified atom stereocenters. The highest BCUT2D eigenvalue weighted by Gasteiger charge is 2.21. The van der Waals surface area contributed by atoms with Crippen molar-refractivity contribution < 1.29 is 4.92 Å². The zero-order chi connectivity index (χ0) is 13.8. The normalized spacial score (nSPS) is 23.1. The van der Waals surface area contributed by atoms with E-state index in [4.69, 9.17) is 0 Å². The maximum absolute atomic E-state index is 10.9. The highest BCUT2D eigenvalue weighted by Crippen LogP contribution is 2.31. The molecule has 5 heteroatoms. The Kier molecular flexibility index (Phi) is 4.80. The lowest BCUT2D eigenvalue weighted by molar-refractivity contribution is -0.385. The molecule has 0 spiro atoms. The Morgan fingerprint density at radius 1 is 1.47 bits per heavy atom. The van der Waals surface area contributed by atoms with Gasteiger partial charge in [-0.1, -0.05) is 26.2 Å². The number of rotatable bonds is 4. The lowest BCUT2D eigenvalue weighted by Crippen LogP contribution is -2.27. The first-order valence-electron chi connectivity index (χ1n) is 6.80. The van der Waals surface area contributed by atoms with Gasteiger partial charge in [-0.05, 0) is 46.8 Å². The van der Waals surface area contributed by atoms with Crippen LogP contribution < -0.4 is 5.32 Å². The third-order valence-corrected chi connectivity index (χ3v) is 4.54. The fourth-order valence-corrected chi connectivity index (χ4v) is 3.16. The zero-order valence-electron chi connectivity index (χ0n) is 11.1. The summed E-state index contributed by atoms with van der Waals surface area (Å²) in [7, 11) is 0. The first-order chi connectivity index (χ1) is 9.10. The summed E-state index contributed by atoms with van der Waals surface area (Å²) in [5.74, 6) is 0.789. The van der Waals surface area contributed by atoms with Crippen molar-refractivity contribution >= 4 is 27.3 Å². The fourth-order valence-electron chi connectivity index (χ4n) is 2.77. The molecule has 0 aromatic heterocycles. The largest absolute Gasteiger partial charge is 0.382 e. The second-order valence-electron chi connectivity index (χ2n) is 5.21. The lowest BCUT2D eigenvalue weighted by atomic mass is 9.84. The average Bonchev–Trinajstić information content (AvgIpc) is 2.41. The molecule has 0 aliphatic heterocycles. The van der Waals surface area contributed by atoms with Gasteiger partial charge in [0.15, 0.2) is 0 Å². The Labute approximate surface area is 121 Å². The molecule has 104 valence electrons. The minimum absolute atomic E-state index is 0.118. The first-order valence-corrected chi connectivity index (χ1v) is 7.60. The minimum Gasteiger partial charge on any atom is -0.382 e. The maximum atomic E-state index is 10.9. The number of nitrogens with one attached hydrogen (secondary N) is 1. The molecule has 19 heavy (non-hydrogen) atoms. The molecule has 1 saturated carbocycles. The van der Waals surface area contributed by atoms with Gasteiger partial charge in [0.25, 0.3) is 5.69 Å². The van der Waals surface area contributed by atoms with Crippen LogP contribution in [0, 0.1) is 16.0 Å². The average molecular weight is 327 g/mol. The molecule has 2 rings (SSSR count). The molecule has 0 saturated heterocycles. The van der Waals surface area contributed by atoms with Crippen molar-refractivity contribution in [1.29, 1.82) is 0 Å². The van der Waals surface area contributed by atoms with Crippen LogP contribution in [0.3, 0.4) is 0 Å². The van der Waals surface area contributed by atoms with Gasteiger partial charge in [0, 0.05) is 17.8 Å². The molecule has 1 aliphatic carbocycles. The Bertz CT molecular complexity index is 465. The van der Waals surface area contributed by atoms with E-state index in [1.807, 2.05) is 6.07 Å². The van der Waals surface area contributed by atoms with Gasteiger partial charge in [-0.3, -0.25) is 10.1 Å². The number of nitro benzene ring substituents is 1. The van der Waals surface area contributed by atoms with Crippen molar-refractivity contribution in [3.63, 3.8) is 0 Å². The summed E-state index contributed by atoms with van der Waals surface area (Å²) < 4.78 is 0.526. The van der Waals surface area contributed by atoms with E-state index in [0.717, 1.165) is 18.0 Å². The molecule has 1 fully saturated rings. The second-order valence-corrected chi connectivity index (χ2v) is 6.06. The van der Waals surface area contributed by atoms with E-state index >= 15 is 0 Å².